The lowest BCUT2D eigenvalue weighted by molar-refractivity contribution is -0.130. The third kappa shape index (κ3) is 4.85. The molecular weight excluding hydrogens is 412 g/mol. The third-order valence-electron chi connectivity index (χ3n) is 6.50. The molecule has 1 aliphatic rings. The number of aromatic nitrogens is 2. The minimum absolute atomic E-state index is 0.0140. The molecule has 0 spiro atoms. The molecule has 1 N–H and O–H groups in total. The molecule has 2 heterocycles. The number of nitrogens with one attached hydrogen (secondary N) is 1. The van der Waals surface area contributed by atoms with Gasteiger partial charge in [-0.05, 0) is 56.4 Å². The molecule has 1 atom stereocenters. The topological polar surface area (TPSA) is 67.2 Å². The van der Waals surface area contributed by atoms with Gasteiger partial charge in [-0.15, -0.1) is 0 Å². The maximum atomic E-state index is 13.3. The summed E-state index contributed by atoms with van der Waals surface area (Å²) in [6, 6.07) is 18.6. The van der Waals surface area contributed by atoms with Gasteiger partial charge >= 0.3 is 0 Å². The van der Waals surface area contributed by atoms with Crippen LogP contribution in [0.15, 0.2) is 60.8 Å². The second-order valence-electron chi connectivity index (χ2n) is 8.92. The molecule has 33 heavy (non-hydrogen) atoms. The normalized spacial score (nSPS) is 17.8. The monoisotopic (exact) mass is 444 g/mol. The van der Waals surface area contributed by atoms with E-state index < -0.39 is 5.41 Å². The Morgan fingerprint density at radius 2 is 1.85 bits per heavy atom. The van der Waals surface area contributed by atoms with E-state index in [1.807, 2.05) is 26.1 Å². The van der Waals surface area contributed by atoms with Crippen LogP contribution in [0.2, 0.25) is 0 Å². The van der Waals surface area contributed by atoms with E-state index in [1.54, 1.807) is 15.6 Å². The van der Waals surface area contributed by atoms with Crippen LogP contribution in [0.5, 0.6) is 0 Å². The molecule has 2 amide bonds. The summed E-state index contributed by atoms with van der Waals surface area (Å²) >= 11 is 0. The molecule has 0 bridgehead atoms. The highest BCUT2D eigenvalue weighted by Crippen LogP contribution is 2.36. The Hall–Kier alpha value is -3.41. The third-order valence-corrected chi connectivity index (χ3v) is 6.50. The first-order valence-corrected chi connectivity index (χ1v) is 11.7. The maximum absolute atomic E-state index is 13.3. The van der Waals surface area contributed by atoms with E-state index in [2.05, 4.69) is 59.8 Å². The largest absolute Gasteiger partial charge is 0.356 e. The summed E-state index contributed by atoms with van der Waals surface area (Å²) in [6.07, 6.45) is 3.04. The summed E-state index contributed by atoms with van der Waals surface area (Å²) in [5.41, 5.74) is 4.41. The van der Waals surface area contributed by atoms with Gasteiger partial charge in [-0.1, -0.05) is 54.1 Å². The van der Waals surface area contributed by atoms with Crippen LogP contribution in [0.3, 0.4) is 0 Å². The van der Waals surface area contributed by atoms with Crippen molar-refractivity contribution in [3.8, 4) is 11.1 Å². The fourth-order valence-electron chi connectivity index (χ4n) is 4.62. The average molecular weight is 445 g/mol. The molecule has 1 aliphatic heterocycles. The Bertz CT molecular complexity index is 1140. The van der Waals surface area contributed by atoms with Gasteiger partial charge in [-0.3, -0.25) is 14.3 Å². The molecule has 0 unspecified atom stereocenters. The van der Waals surface area contributed by atoms with Crippen LogP contribution in [-0.4, -0.2) is 46.1 Å². The zero-order valence-corrected chi connectivity index (χ0v) is 19.7. The minimum atomic E-state index is -0.648. The summed E-state index contributed by atoms with van der Waals surface area (Å²) in [6.45, 7) is 8.22. The number of rotatable bonds is 7. The summed E-state index contributed by atoms with van der Waals surface area (Å²) < 4.78 is 1.75. The molecule has 4 rings (SSSR count). The molecule has 0 radical (unpaired) electrons. The highest BCUT2D eigenvalue weighted by atomic mass is 16.2. The predicted molar refractivity (Wildman–Crippen MR) is 130 cm³/mol. The number of amides is 2. The predicted octanol–water partition coefficient (Wildman–Crippen LogP) is 4.09. The van der Waals surface area contributed by atoms with E-state index in [9.17, 15) is 9.59 Å². The molecule has 3 aromatic rings. The van der Waals surface area contributed by atoms with Crippen molar-refractivity contribution in [2.45, 2.75) is 40.2 Å². The van der Waals surface area contributed by atoms with Crippen LogP contribution in [0.4, 0.5) is 0 Å². The first-order chi connectivity index (χ1) is 15.9. The van der Waals surface area contributed by atoms with Crippen molar-refractivity contribution in [1.29, 1.82) is 0 Å². The van der Waals surface area contributed by atoms with Crippen LogP contribution < -0.4 is 5.32 Å². The van der Waals surface area contributed by atoms with Crippen LogP contribution in [0.1, 0.15) is 41.9 Å². The summed E-state index contributed by atoms with van der Waals surface area (Å²) in [5, 5.41) is 7.38. The Morgan fingerprint density at radius 3 is 2.55 bits per heavy atom. The minimum Gasteiger partial charge on any atom is -0.356 e. The van der Waals surface area contributed by atoms with E-state index in [0.29, 0.717) is 44.7 Å². The first-order valence-electron chi connectivity index (χ1n) is 11.7. The van der Waals surface area contributed by atoms with Gasteiger partial charge in [0.2, 0.25) is 5.91 Å². The highest BCUT2D eigenvalue weighted by Gasteiger charge is 2.46. The fourth-order valence-corrected chi connectivity index (χ4v) is 4.62. The van der Waals surface area contributed by atoms with E-state index in [1.165, 1.54) is 5.56 Å². The number of benzene rings is 2. The smallest absolute Gasteiger partial charge is 0.274 e. The van der Waals surface area contributed by atoms with Crippen molar-refractivity contribution < 1.29 is 9.59 Å². The standard InChI is InChI=1S/C27H32N4O2/c1-4-28-26(33)27(14-16-30(19-27)25(32)24-13-15-31(5-2)29-24)18-21-7-6-8-23(17-21)22-11-9-20(3)10-12-22/h6-13,15,17H,4-5,14,16,18-19H2,1-3H3,(H,28,33)/t27-/m0/s1. The molecule has 1 saturated heterocycles. The molecule has 0 saturated carbocycles. The lowest BCUT2D eigenvalue weighted by Gasteiger charge is -2.28. The second-order valence-corrected chi connectivity index (χ2v) is 8.92. The first kappa shape index (κ1) is 22.8. The number of carbonyl (C=O) groups excluding carboxylic acids is 2. The van der Waals surface area contributed by atoms with Gasteiger partial charge in [0.15, 0.2) is 0 Å². The number of carbonyl (C=O) groups is 2. The number of nitrogens with zero attached hydrogens (tertiary/aromatic N) is 3. The Kier molecular flexibility index (Phi) is 6.63. The van der Waals surface area contributed by atoms with Crippen LogP contribution in [-0.2, 0) is 17.8 Å². The number of hydrogen-bond donors (Lipinski definition) is 1. The average Bonchev–Trinajstić information content (AvgIpc) is 3.48. The number of hydrogen-bond acceptors (Lipinski definition) is 3. The number of likely N-dealkylation sites (tertiary alicyclic amines) is 1. The highest BCUT2D eigenvalue weighted by molar-refractivity contribution is 5.93. The van der Waals surface area contributed by atoms with Crippen molar-refractivity contribution in [1.82, 2.24) is 20.0 Å². The van der Waals surface area contributed by atoms with Gasteiger partial charge < -0.3 is 10.2 Å². The lowest BCUT2D eigenvalue weighted by atomic mass is 9.79. The quantitative estimate of drug-likeness (QED) is 0.597. The van der Waals surface area contributed by atoms with E-state index in [4.69, 9.17) is 0 Å². The van der Waals surface area contributed by atoms with E-state index >= 15 is 0 Å². The van der Waals surface area contributed by atoms with E-state index in [-0.39, 0.29) is 11.8 Å². The van der Waals surface area contributed by atoms with Gasteiger partial charge in [0.1, 0.15) is 5.69 Å². The Balaban J connectivity index is 1.58. The van der Waals surface area contributed by atoms with Crippen LogP contribution in [0, 0.1) is 12.3 Å². The van der Waals surface area contributed by atoms with Gasteiger partial charge in [-0.2, -0.15) is 5.10 Å². The molecule has 1 aromatic heterocycles. The van der Waals surface area contributed by atoms with Crippen molar-refractivity contribution >= 4 is 11.8 Å². The molecule has 1 fully saturated rings. The summed E-state index contributed by atoms with van der Waals surface area (Å²) in [4.78, 5) is 28.1. The molecule has 0 aliphatic carbocycles. The zero-order chi connectivity index (χ0) is 23.4. The SMILES string of the molecule is CCNC(=O)[C@]1(Cc2cccc(-c3ccc(C)cc3)c2)CCN(C(=O)c2ccn(CC)n2)C1. The summed E-state index contributed by atoms with van der Waals surface area (Å²) in [5.74, 6) is -0.0955. The van der Waals surface area contributed by atoms with Gasteiger partial charge in [0.25, 0.3) is 5.91 Å². The molecule has 6 nitrogen and oxygen atoms in total. The Morgan fingerprint density at radius 1 is 1.06 bits per heavy atom. The van der Waals surface area contributed by atoms with Crippen molar-refractivity contribution in [2.24, 2.45) is 5.41 Å². The van der Waals surface area contributed by atoms with Crippen LogP contribution >= 0.6 is 0 Å². The number of aryl methyl sites for hydroxylation is 2. The molecule has 6 heteroatoms. The van der Waals surface area contributed by atoms with Crippen molar-refractivity contribution in [3.05, 3.63) is 77.6 Å². The van der Waals surface area contributed by atoms with Crippen molar-refractivity contribution in [3.63, 3.8) is 0 Å². The zero-order valence-electron chi connectivity index (χ0n) is 19.7. The van der Waals surface area contributed by atoms with Gasteiger partial charge in [-0.25, -0.2) is 0 Å². The Labute approximate surface area is 195 Å². The van der Waals surface area contributed by atoms with Crippen LogP contribution in [0.25, 0.3) is 11.1 Å². The lowest BCUT2D eigenvalue weighted by Crippen LogP contribution is -2.45. The molecular formula is C27H32N4O2. The van der Waals surface area contributed by atoms with Gasteiger partial charge in [0, 0.05) is 32.4 Å². The summed E-state index contributed by atoms with van der Waals surface area (Å²) in [7, 11) is 0. The molecule has 172 valence electrons. The second kappa shape index (κ2) is 9.61. The molecule has 2 aromatic carbocycles. The maximum Gasteiger partial charge on any atom is 0.274 e. The van der Waals surface area contributed by atoms with E-state index in [0.717, 1.165) is 16.7 Å². The fraction of sp³-hybridized carbons (Fsp3) is 0.370. The van der Waals surface area contributed by atoms with Crippen molar-refractivity contribution in [2.75, 3.05) is 19.6 Å². The van der Waals surface area contributed by atoms with Gasteiger partial charge in [0.05, 0.1) is 5.41 Å².